The zero-order chi connectivity index (χ0) is 22.9. The van der Waals surface area contributed by atoms with Gasteiger partial charge < -0.3 is 24.6 Å². The van der Waals surface area contributed by atoms with Crippen molar-refractivity contribution >= 4 is 5.69 Å². The number of anilines is 1. The van der Waals surface area contributed by atoms with Gasteiger partial charge in [0.1, 0.15) is 5.75 Å². The minimum atomic E-state index is -0.778. The summed E-state index contributed by atoms with van der Waals surface area (Å²) >= 11 is 0. The van der Waals surface area contributed by atoms with Crippen molar-refractivity contribution in [3.05, 3.63) is 59.2 Å². The maximum atomic E-state index is 10.9. The van der Waals surface area contributed by atoms with Crippen LogP contribution in [0.25, 0.3) is 0 Å². The van der Waals surface area contributed by atoms with Gasteiger partial charge in [-0.3, -0.25) is 0 Å². The third kappa shape index (κ3) is 4.66. The first-order valence-electron chi connectivity index (χ1n) is 11.8. The SMILES string of the molecule is COC(OC)C1CCN(c2ccc([C@@H]3c4ccc(O)cc4CC[C@@H]3C(C)(C)O)cc2)CC1. The molecule has 2 N–H and O–H groups in total. The average Bonchev–Trinajstić information content (AvgIpc) is 2.79. The Bertz CT molecular complexity index is 893. The largest absolute Gasteiger partial charge is 0.508 e. The number of aliphatic hydroxyl groups is 1. The third-order valence-electron chi connectivity index (χ3n) is 7.50. The standard InChI is InChI=1S/C27H37NO4/c1-27(2,30)24-12-7-20-17-22(29)10-11-23(20)25(24)18-5-8-21(9-6-18)28-15-13-19(14-16-28)26(31-3)32-4/h5-6,8-11,17,19,24-26,29-30H,7,12-16H2,1-4H3/t24-,25+/m0/s1. The van der Waals surface area contributed by atoms with Crippen LogP contribution >= 0.6 is 0 Å². The number of nitrogens with zero attached hydrogens (tertiary/aromatic N) is 1. The first kappa shape index (κ1) is 23.1. The lowest BCUT2D eigenvalue weighted by Crippen LogP contribution is -2.39. The van der Waals surface area contributed by atoms with Crippen molar-refractivity contribution in [1.82, 2.24) is 0 Å². The topological polar surface area (TPSA) is 62.2 Å². The minimum absolute atomic E-state index is 0.114. The fourth-order valence-corrected chi connectivity index (χ4v) is 5.78. The van der Waals surface area contributed by atoms with E-state index in [2.05, 4.69) is 29.2 Å². The molecule has 2 aromatic carbocycles. The highest BCUT2D eigenvalue weighted by Gasteiger charge is 2.39. The molecule has 1 aliphatic heterocycles. The molecule has 0 saturated carbocycles. The van der Waals surface area contributed by atoms with Gasteiger partial charge in [-0.25, -0.2) is 0 Å². The molecule has 5 nitrogen and oxygen atoms in total. The number of phenols is 1. The molecule has 32 heavy (non-hydrogen) atoms. The summed E-state index contributed by atoms with van der Waals surface area (Å²) in [5.74, 6) is 0.986. The fourth-order valence-electron chi connectivity index (χ4n) is 5.78. The molecule has 1 aliphatic carbocycles. The highest BCUT2D eigenvalue weighted by atomic mass is 16.7. The van der Waals surface area contributed by atoms with Crippen LogP contribution in [0.1, 0.15) is 55.7 Å². The van der Waals surface area contributed by atoms with Gasteiger partial charge in [0.05, 0.1) is 5.60 Å². The second-order valence-electron chi connectivity index (χ2n) is 9.92. The van der Waals surface area contributed by atoms with Gasteiger partial charge in [0.25, 0.3) is 0 Å². The highest BCUT2D eigenvalue weighted by molar-refractivity contribution is 5.51. The third-order valence-corrected chi connectivity index (χ3v) is 7.50. The molecule has 0 bridgehead atoms. The summed E-state index contributed by atoms with van der Waals surface area (Å²) in [6, 6.07) is 14.6. The van der Waals surface area contributed by atoms with E-state index in [-0.39, 0.29) is 18.1 Å². The first-order chi connectivity index (χ1) is 15.3. The van der Waals surface area contributed by atoms with Gasteiger partial charge in [-0.15, -0.1) is 0 Å². The van der Waals surface area contributed by atoms with Gasteiger partial charge >= 0.3 is 0 Å². The van der Waals surface area contributed by atoms with Crippen LogP contribution in [0.3, 0.4) is 0 Å². The molecule has 0 spiro atoms. The van der Waals surface area contributed by atoms with Crippen molar-refractivity contribution < 1.29 is 19.7 Å². The van der Waals surface area contributed by atoms with Crippen molar-refractivity contribution in [2.24, 2.45) is 11.8 Å². The summed E-state index contributed by atoms with van der Waals surface area (Å²) in [5.41, 5.74) is 4.09. The molecule has 1 fully saturated rings. The highest BCUT2D eigenvalue weighted by Crippen LogP contribution is 2.46. The van der Waals surface area contributed by atoms with E-state index in [9.17, 15) is 10.2 Å². The van der Waals surface area contributed by atoms with Crippen LogP contribution in [0.5, 0.6) is 5.75 Å². The summed E-state index contributed by atoms with van der Waals surface area (Å²) < 4.78 is 10.9. The Morgan fingerprint density at radius 3 is 2.22 bits per heavy atom. The van der Waals surface area contributed by atoms with E-state index in [1.807, 2.05) is 26.0 Å². The van der Waals surface area contributed by atoms with E-state index in [0.29, 0.717) is 11.7 Å². The number of piperidine rings is 1. The number of ether oxygens (including phenoxy) is 2. The maximum absolute atomic E-state index is 10.9. The Morgan fingerprint density at radius 2 is 1.62 bits per heavy atom. The van der Waals surface area contributed by atoms with Crippen molar-refractivity contribution in [1.29, 1.82) is 0 Å². The lowest BCUT2D eigenvalue weighted by Gasteiger charge is -2.41. The van der Waals surface area contributed by atoms with Crippen LogP contribution in [0.4, 0.5) is 5.69 Å². The fraction of sp³-hybridized carbons (Fsp3) is 0.556. The van der Waals surface area contributed by atoms with Crippen molar-refractivity contribution in [3.8, 4) is 5.75 Å². The van der Waals surface area contributed by atoms with Crippen molar-refractivity contribution in [3.63, 3.8) is 0 Å². The second kappa shape index (κ2) is 9.42. The Labute approximate surface area is 192 Å². The van der Waals surface area contributed by atoms with Gasteiger partial charge in [0.15, 0.2) is 6.29 Å². The number of aromatic hydroxyl groups is 1. The van der Waals surface area contributed by atoms with Gasteiger partial charge in [-0.2, -0.15) is 0 Å². The summed E-state index contributed by atoms with van der Waals surface area (Å²) in [5, 5.41) is 20.9. The Hall–Kier alpha value is -2.08. The molecule has 0 amide bonds. The van der Waals surface area contributed by atoms with Crippen LogP contribution < -0.4 is 4.90 Å². The van der Waals surface area contributed by atoms with Gasteiger partial charge in [-0.1, -0.05) is 18.2 Å². The molecule has 0 unspecified atom stereocenters. The molecule has 174 valence electrons. The van der Waals surface area contributed by atoms with E-state index in [4.69, 9.17) is 9.47 Å². The van der Waals surface area contributed by atoms with Gasteiger partial charge in [0, 0.05) is 44.8 Å². The zero-order valence-corrected chi connectivity index (χ0v) is 19.8. The normalized spacial score (nSPS) is 22.2. The summed E-state index contributed by atoms with van der Waals surface area (Å²) in [4.78, 5) is 2.43. The smallest absolute Gasteiger partial charge is 0.159 e. The molecule has 0 radical (unpaired) electrons. The monoisotopic (exact) mass is 439 g/mol. The number of rotatable bonds is 6. The number of hydrogen-bond donors (Lipinski definition) is 2. The zero-order valence-electron chi connectivity index (χ0n) is 19.8. The predicted octanol–water partition coefficient (Wildman–Crippen LogP) is 4.69. The number of aryl methyl sites for hydroxylation is 1. The van der Waals surface area contributed by atoms with E-state index >= 15 is 0 Å². The van der Waals surface area contributed by atoms with Crippen LogP contribution in [0, 0.1) is 11.8 Å². The second-order valence-corrected chi connectivity index (χ2v) is 9.92. The number of fused-ring (bicyclic) bond motifs is 1. The molecule has 2 aliphatic rings. The maximum Gasteiger partial charge on any atom is 0.159 e. The van der Waals surface area contributed by atoms with E-state index in [1.54, 1.807) is 20.3 Å². The first-order valence-corrected chi connectivity index (χ1v) is 11.8. The number of benzene rings is 2. The number of phenolic OH excluding ortho intramolecular Hbond substituents is 1. The van der Waals surface area contributed by atoms with Crippen LogP contribution in [0.15, 0.2) is 42.5 Å². The van der Waals surface area contributed by atoms with Crippen molar-refractivity contribution in [2.45, 2.75) is 57.3 Å². The lowest BCUT2D eigenvalue weighted by atomic mass is 9.66. The summed E-state index contributed by atoms with van der Waals surface area (Å²) in [6.07, 6.45) is 3.76. The Morgan fingerprint density at radius 1 is 0.969 bits per heavy atom. The van der Waals surface area contributed by atoms with Crippen molar-refractivity contribution in [2.75, 3.05) is 32.2 Å². The lowest BCUT2D eigenvalue weighted by molar-refractivity contribution is -0.141. The Balaban J connectivity index is 1.55. The molecule has 4 rings (SSSR count). The van der Waals surface area contributed by atoms with Crippen LogP contribution in [0.2, 0.25) is 0 Å². The van der Waals surface area contributed by atoms with Crippen LogP contribution in [-0.4, -0.2) is 49.4 Å². The van der Waals surface area contributed by atoms with E-state index in [1.165, 1.54) is 22.4 Å². The Kier molecular flexibility index (Phi) is 6.80. The molecule has 1 saturated heterocycles. The quantitative estimate of drug-likeness (QED) is 0.639. The number of methoxy groups -OCH3 is 2. The summed E-state index contributed by atoms with van der Waals surface area (Å²) in [7, 11) is 3.43. The number of hydrogen-bond acceptors (Lipinski definition) is 5. The minimum Gasteiger partial charge on any atom is -0.508 e. The average molecular weight is 440 g/mol. The summed E-state index contributed by atoms with van der Waals surface area (Å²) in [6.45, 7) is 5.82. The van der Waals surface area contributed by atoms with Crippen LogP contribution in [-0.2, 0) is 15.9 Å². The molecular weight excluding hydrogens is 402 g/mol. The van der Waals surface area contributed by atoms with Gasteiger partial charge in [0.2, 0.25) is 0 Å². The van der Waals surface area contributed by atoms with Gasteiger partial charge in [-0.05, 0) is 86.4 Å². The molecule has 0 aromatic heterocycles. The van der Waals surface area contributed by atoms with E-state index in [0.717, 1.165) is 38.8 Å². The molecule has 5 heteroatoms. The molecule has 2 atom stereocenters. The predicted molar refractivity (Wildman–Crippen MR) is 127 cm³/mol. The molecule has 2 aromatic rings. The molecular formula is C27H37NO4. The molecule has 1 heterocycles. The van der Waals surface area contributed by atoms with E-state index < -0.39 is 5.60 Å².